The number of carbonyl (C=O) groups is 1. The van der Waals surface area contributed by atoms with Gasteiger partial charge in [0.15, 0.2) is 0 Å². The van der Waals surface area contributed by atoms with Gasteiger partial charge in [0.2, 0.25) is 0 Å². The van der Waals surface area contributed by atoms with Crippen molar-refractivity contribution in [2.75, 3.05) is 42.9 Å². The van der Waals surface area contributed by atoms with Gasteiger partial charge in [-0.2, -0.15) is 4.37 Å². The zero-order valence-electron chi connectivity index (χ0n) is 18.9. The molecule has 8 heteroatoms. The van der Waals surface area contributed by atoms with E-state index in [0.717, 1.165) is 50.6 Å². The fourth-order valence-electron chi connectivity index (χ4n) is 4.38. The quantitative estimate of drug-likeness (QED) is 0.455. The van der Waals surface area contributed by atoms with E-state index in [2.05, 4.69) is 50.6 Å². The van der Waals surface area contributed by atoms with Crippen molar-refractivity contribution in [2.24, 2.45) is 0 Å². The Morgan fingerprint density at radius 1 is 1.09 bits per heavy atom. The first kappa shape index (κ1) is 21.6. The van der Waals surface area contributed by atoms with Crippen molar-refractivity contribution in [1.29, 1.82) is 0 Å². The van der Waals surface area contributed by atoms with Gasteiger partial charge >= 0.3 is 0 Å². The summed E-state index contributed by atoms with van der Waals surface area (Å²) in [5, 5.41) is 8.10. The van der Waals surface area contributed by atoms with E-state index in [1.165, 1.54) is 15.6 Å². The SMILES string of the molecule is Cc1noc(C)c1C(=O)Nc1cccc(CCN2CCN(c3nsc4ccccc34)CC2)c1. The van der Waals surface area contributed by atoms with E-state index in [1.807, 2.05) is 18.2 Å². The largest absolute Gasteiger partial charge is 0.361 e. The monoisotopic (exact) mass is 461 g/mol. The third-order valence-corrected chi connectivity index (χ3v) is 7.01. The summed E-state index contributed by atoms with van der Waals surface area (Å²) in [5.74, 6) is 1.47. The summed E-state index contributed by atoms with van der Waals surface area (Å²) >= 11 is 1.58. The minimum Gasteiger partial charge on any atom is -0.361 e. The second-order valence-corrected chi connectivity index (χ2v) is 9.24. The molecule has 0 aliphatic carbocycles. The second-order valence-electron chi connectivity index (χ2n) is 8.43. The number of anilines is 2. The molecule has 0 saturated carbocycles. The van der Waals surface area contributed by atoms with E-state index in [1.54, 1.807) is 25.4 Å². The van der Waals surface area contributed by atoms with Gasteiger partial charge in [0.25, 0.3) is 5.91 Å². The number of benzene rings is 2. The second kappa shape index (κ2) is 9.33. The van der Waals surface area contributed by atoms with Gasteiger partial charge in [-0.25, -0.2) is 0 Å². The average Bonchev–Trinajstić information content (AvgIpc) is 3.41. The lowest BCUT2D eigenvalue weighted by atomic mass is 10.1. The standard InChI is InChI=1S/C25H27N5O2S/c1-17-23(18(2)32-27-17)25(31)26-20-7-5-6-19(16-20)10-11-29-12-14-30(15-13-29)24-21-8-3-4-9-22(21)33-28-24/h3-9,16H,10-15H2,1-2H3,(H,26,31). The number of piperazine rings is 1. The van der Waals surface area contributed by atoms with Crippen molar-refractivity contribution >= 4 is 39.0 Å². The van der Waals surface area contributed by atoms with Crippen LogP contribution in [-0.2, 0) is 6.42 Å². The van der Waals surface area contributed by atoms with Crippen LogP contribution in [0, 0.1) is 13.8 Å². The van der Waals surface area contributed by atoms with Gasteiger partial charge in [0, 0.05) is 43.8 Å². The molecule has 7 nitrogen and oxygen atoms in total. The number of fused-ring (bicyclic) bond motifs is 1. The van der Waals surface area contributed by atoms with E-state index >= 15 is 0 Å². The molecule has 1 saturated heterocycles. The zero-order valence-corrected chi connectivity index (χ0v) is 19.7. The Labute approximate surface area is 197 Å². The Morgan fingerprint density at radius 3 is 2.70 bits per heavy atom. The maximum absolute atomic E-state index is 12.6. The molecule has 3 heterocycles. The molecule has 2 aromatic heterocycles. The molecule has 4 aromatic rings. The van der Waals surface area contributed by atoms with Crippen LogP contribution in [0.5, 0.6) is 0 Å². The van der Waals surface area contributed by atoms with Gasteiger partial charge in [-0.05, 0) is 61.6 Å². The van der Waals surface area contributed by atoms with Crippen LogP contribution in [0.15, 0.2) is 53.1 Å². The Bertz CT molecular complexity index is 1250. The van der Waals surface area contributed by atoms with Crippen LogP contribution in [0.4, 0.5) is 11.5 Å². The minimum absolute atomic E-state index is 0.186. The zero-order chi connectivity index (χ0) is 22.8. The van der Waals surface area contributed by atoms with Crippen LogP contribution in [0.25, 0.3) is 10.1 Å². The Kier molecular flexibility index (Phi) is 6.11. The number of nitrogens with zero attached hydrogens (tertiary/aromatic N) is 4. The molecule has 1 fully saturated rings. The molecule has 170 valence electrons. The fraction of sp³-hybridized carbons (Fsp3) is 0.320. The topological polar surface area (TPSA) is 74.5 Å². The number of carbonyl (C=O) groups excluding carboxylic acids is 1. The van der Waals surface area contributed by atoms with Crippen molar-refractivity contribution in [3.63, 3.8) is 0 Å². The number of hydrogen-bond acceptors (Lipinski definition) is 7. The molecule has 0 spiro atoms. The molecule has 2 aromatic carbocycles. The maximum Gasteiger partial charge on any atom is 0.261 e. The molecular formula is C25H27N5O2S. The van der Waals surface area contributed by atoms with E-state index in [9.17, 15) is 4.79 Å². The van der Waals surface area contributed by atoms with Crippen molar-refractivity contribution in [1.82, 2.24) is 14.4 Å². The average molecular weight is 462 g/mol. The molecule has 0 bridgehead atoms. The third-order valence-electron chi connectivity index (χ3n) is 6.19. The molecule has 1 N–H and O–H groups in total. The van der Waals surface area contributed by atoms with Crippen LogP contribution in [0.1, 0.15) is 27.4 Å². The molecule has 5 rings (SSSR count). The highest BCUT2D eigenvalue weighted by Crippen LogP contribution is 2.29. The number of amides is 1. The highest BCUT2D eigenvalue weighted by Gasteiger charge is 2.21. The highest BCUT2D eigenvalue weighted by molar-refractivity contribution is 7.13. The summed E-state index contributed by atoms with van der Waals surface area (Å²) in [6.07, 6.45) is 0.939. The van der Waals surface area contributed by atoms with E-state index < -0.39 is 0 Å². The highest BCUT2D eigenvalue weighted by atomic mass is 32.1. The fourth-order valence-corrected chi connectivity index (χ4v) is 5.17. The summed E-state index contributed by atoms with van der Waals surface area (Å²) in [6, 6.07) is 16.5. The molecule has 1 aliphatic rings. The normalized spacial score (nSPS) is 14.7. The first-order chi connectivity index (χ1) is 16.1. The molecule has 33 heavy (non-hydrogen) atoms. The van der Waals surface area contributed by atoms with Crippen LogP contribution >= 0.6 is 11.5 Å². The molecule has 0 unspecified atom stereocenters. The lowest BCUT2D eigenvalue weighted by Crippen LogP contribution is -2.47. The number of aryl methyl sites for hydroxylation is 2. The van der Waals surface area contributed by atoms with Crippen LogP contribution < -0.4 is 10.2 Å². The van der Waals surface area contributed by atoms with Crippen LogP contribution in [-0.4, -0.2) is 53.1 Å². The number of nitrogens with one attached hydrogen (secondary N) is 1. The lowest BCUT2D eigenvalue weighted by Gasteiger charge is -2.35. The molecule has 0 radical (unpaired) electrons. The number of aromatic nitrogens is 2. The molecular weight excluding hydrogens is 434 g/mol. The maximum atomic E-state index is 12.6. The van der Waals surface area contributed by atoms with Crippen molar-refractivity contribution in [2.45, 2.75) is 20.3 Å². The van der Waals surface area contributed by atoms with Crippen molar-refractivity contribution in [3.05, 3.63) is 71.1 Å². The van der Waals surface area contributed by atoms with E-state index in [4.69, 9.17) is 8.90 Å². The van der Waals surface area contributed by atoms with Gasteiger partial charge in [-0.3, -0.25) is 9.69 Å². The van der Waals surface area contributed by atoms with Gasteiger partial charge in [-0.1, -0.05) is 29.4 Å². The lowest BCUT2D eigenvalue weighted by molar-refractivity contribution is 0.102. The molecule has 1 amide bonds. The third kappa shape index (κ3) is 4.62. The summed E-state index contributed by atoms with van der Waals surface area (Å²) in [4.78, 5) is 17.5. The van der Waals surface area contributed by atoms with Gasteiger partial charge in [0.1, 0.15) is 17.1 Å². The smallest absolute Gasteiger partial charge is 0.261 e. The first-order valence-electron chi connectivity index (χ1n) is 11.2. The minimum atomic E-state index is -0.186. The summed E-state index contributed by atoms with van der Waals surface area (Å²) < 4.78 is 11.1. The van der Waals surface area contributed by atoms with Crippen molar-refractivity contribution < 1.29 is 9.32 Å². The van der Waals surface area contributed by atoms with E-state index in [-0.39, 0.29) is 5.91 Å². The Morgan fingerprint density at radius 2 is 1.91 bits per heavy atom. The number of rotatable bonds is 6. The van der Waals surface area contributed by atoms with Gasteiger partial charge in [-0.15, -0.1) is 0 Å². The van der Waals surface area contributed by atoms with E-state index in [0.29, 0.717) is 17.0 Å². The summed E-state index contributed by atoms with van der Waals surface area (Å²) in [6.45, 7) is 8.54. The molecule has 1 aliphatic heterocycles. The summed E-state index contributed by atoms with van der Waals surface area (Å²) in [7, 11) is 0. The summed E-state index contributed by atoms with van der Waals surface area (Å²) in [5.41, 5.74) is 3.11. The van der Waals surface area contributed by atoms with Crippen LogP contribution in [0.3, 0.4) is 0 Å². The number of hydrogen-bond donors (Lipinski definition) is 1. The predicted molar refractivity (Wildman–Crippen MR) is 132 cm³/mol. The Balaban J connectivity index is 1.15. The van der Waals surface area contributed by atoms with Gasteiger partial charge < -0.3 is 14.7 Å². The first-order valence-corrected chi connectivity index (χ1v) is 12.0. The Hall–Kier alpha value is -3.23. The van der Waals surface area contributed by atoms with Gasteiger partial charge in [0.05, 0.1) is 10.4 Å². The van der Waals surface area contributed by atoms with Crippen molar-refractivity contribution in [3.8, 4) is 0 Å². The predicted octanol–water partition coefficient (Wildman–Crippen LogP) is 4.52. The van der Waals surface area contributed by atoms with Crippen LogP contribution in [0.2, 0.25) is 0 Å². The molecule has 0 atom stereocenters.